The van der Waals surface area contributed by atoms with Crippen LogP contribution in [0.2, 0.25) is 0 Å². The van der Waals surface area contributed by atoms with Crippen molar-refractivity contribution in [2.45, 2.75) is 0 Å². The number of carbonyl (C=O) groups is 1. The van der Waals surface area contributed by atoms with Crippen LogP contribution in [0.4, 0.5) is 4.39 Å². The van der Waals surface area contributed by atoms with E-state index in [1.54, 1.807) is 6.07 Å². The minimum absolute atomic E-state index is 0. The molecule has 1 N–H and O–H groups in total. The zero-order chi connectivity index (χ0) is 16.7. The maximum Gasteiger partial charge on any atom is 0.275 e. The van der Waals surface area contributed by atoms with Crippen LogP contribution in [0.5, 0.6) is 11.5 Å². The van der Waals surface area contributed by atoms with Crippen LogP contribution in [0.3, 0.4) is 0 Å². The molecule has 0 saturated carbocycles. The second-order valence-corrected chi connectivity index (χ2v) is 4.14. The van der Waals surface area contributed by atoms with Gasteiger partial charge in [0.15, 0.2) is 5.75 Å². The number of pyridine rings is 1. The Bertz CT molecular complexity index is 767. The minimum atomic E-state index is -0.762. The molecule has 0 saturated heterocycles. The molecule has 2 heterocycles. The molecule has 1 amide bonds. The summed E-state index contributed by atoms with van der Waals surface area (Å²) in [5, 5.41) is 2.35. The molecule has 8 heteroatoms. The van der Waals surface area contributed by atoms with Gasteiger partial charge in [0.1, 0.15) is 29.4 Å². The van der Waals surface area contributed by atoms with Crippen molar-refractivity contribution in [2.24, 2.45) is 4.99 Å². The molecule has 0 aliphatic rings. The minimum Gasteiger partial charge on any atom is -0.454 e. The molecular weight excluding hydrogens is 301 g/mol. The molecule has 2 aromatic rings. The van der Waals surface area contributed by atoms with E-state index in [0.717, 1.165) is 6.08 Å². The first-order valence-corrected chi connectivity index (χ1v) is 6.31. The van der Waals surface area contributed by atoms with Crippen molar-refractivity contribution in [2.75, 3.05) is 0 Å². The molecule has 0 atom stereocenters. The third kappa shape index (κ3) is 4.81. The topological polar surface area (TPSA) is 89.4 Å². The lowest BCUT2D eigenvalue weighted by Crippen LogP contribution is -2.22. The molecule has 0 radical (unpaired) electrons. The molecule has 23 heavy (non-hydrogen) atoms. The van der Waals surface area contributed by atoms with Crippen LogP contribution < -0.4 is 10.1 Å². The summed E-state index contributed by atoms with van der Waals surface area (Å²) >= 11 is 0. The zero-order valence-electron chi connectivity index (χ0n) is 11.9. The average Bonchev–Trinajstić information content (AvgIpc) is 2.55. The molecule has 2 aromatic heterocycles. The smallest absolute Gasteiger partial charge is 0.275 e. The van der Waals surface area contributed by atoms with Gasteiger partial charge in [-0.2, -0.15) is 0 Å². The van der Waals surface area contributed by atoms with Gasteiger partial charge in [0.2, 0.25) is 0 Å². The highest BCUT2D eigenvalue weighted by molar-refractivity contribution is 5.93. The summed E-state index contributed by atoms with van der Waals surface area (Å²) in [7, 11) is 0. The first kappa shape index (κ1) is 16.0. The maximum absolute atomic E-state index is 12.7. The van der Waals surface area contributed by atoms with Gasteiger partial charge < -0.3 is 10.1 Å². The lowest BCUT2D eigenvalue weighted by molar-refractivity contribution is 0.0960. The highest BCUT2D eigenvalue weighted by atomic mass is 19.1. The highest BCUT2D eigenvalue weighted by Crippen LogP contribution is 2.19. The molecule has 7 nitrogen and oxygen atoms in total. The number of allylic oxidation sites excluding steroid dienone is 2. The molecule has 0 aliphatic carbocycles. The number of amides is 1. The van der Waals surface area contributed by atoms with Gasteiger partial charge in [-0.25, -0.2) is 19.4 Å². The van der Waals surface area contributed by atoms with Crippen molar-refractivity contribution < 1.29 is 15.3 Å². The molecular formula is C15H14FN5O2. The van der Waals surface area contributed by atoms with Crippen LogP contribution in [0.1, 0.15) is 11.9 Å². The zero-order valence-corrected chi connectivity index (χ0v) is 11.9. The second-order valence-electron chi connectivity index (χ2n) is 4.14. The monoisotopic (exact) mass is 315 g/mol. The van der Waals surface area contributed by atoms with Crippen molar-refractivity contribution in [3.05, 3.63) is 67.0 Å². The Labute approximate surface area is 132 Å². The average molecular weight is 315 g/mol. The quantitative estimate of drug-likeness (QED) is 0.654. The van der Waals surface area contributed by atoms with E-state index in [9.17, 15) is 9.18 Å². The number of halogens is 1. The van der Waals surface area contributed by atoms with Crippen LogP contribution in [-0.2, 0) is 0 Å². The van der Waals surface area contributed by atoms with E-state index in [-0.39, 0.29) is 12.9 Å². The van der Waals surface area contributed by atoms with Crippen LogP contribution in [-0.4, -0.2) is 27.6 Å². The predicted molar refractivity (Wildman–Crippen MR) is 83.8 cm³/mol. The van der Waals surface area contributed by atoms with E-state index in [1.165, 1.54) is 31.0 Å². The summed E-state index contributed by atoms with van der Waals surface area (Å²) < 4.78 is 18.2. The second kappa shape index (κ2) is 7.55. The van der Waals surface area contributed by atoms with Gasteiger partial charge >= 0.3 is 0 Å². The van der Waals surface area contributed by atoms with E-state index in [2.05, 4.69) is 38.6 Å². The van der Waals surface area contributed by atoms with Gasteiger partial charge in [-0.1, -0.05) is 6.58 Å². The Balaban J connectivity index is 0.00000288. The molecule has 0 aliphatic heterocycles. The summed E-state index contributed by atoms with van der Waals surface area (Å²) in [6.07, 6.45) is 6.65. The van der Waals surface area contributed by atoms with Crippen LogP contribution in [0, 0.1) is 0 Å². The van der Waals surface area contributed by atoms with Gasteiger partial charge in [-0.3, -0.25) is 9.78 Å². The number of hydrogen-bond donors (Lipinski definition) is 1. The Morgan fingerprint density at radius 1 is 1.39 bits per heavy atom. The van der Waals surface area contributed by atoms with Crippen molar-refractivity contribution in [1.29, 1.82) is 0 Å². The molecule has 0 aromatic carbocycles. The number of ether oxygens (including phenoxy) is 1. The number of nitrogens with one attached hydrogen (secondary N) is 1. The molecule has 0 unspecified atom stereocenters. The lowest BCUT2D eigenvalue weighted by Gasteiger charge is -2.07. The highest BCUT2D eigenvalue weighted by Gasteiger charge is 2.10. The van der Waals surface area contributed by atoms with E-state index < -0.39 is 11.7 Å². The van der Waals surface area contributed by atoms with E-state index in [0.29, 0.717) is 11.5 Å². The lowest BCUT2D eigenvalue weighted by atomic mass is 10.3. The normalized spacial score (nSPS) is 10.7. The van der Waals surface area contributed by atoms with Gasteiger partial charge in [0, 0.05) is 19.8 Å². The van der Waals surface area contributed by atoms with Crippen molar-refractivity contribution >= 4 is 12.6 Å². The van der Waals surface area contributed by atoms with Crippen LogP contribution in [0.25, 0.3) is 0 Å². The fraction of sp³-hybridized carbons (Fsp3) is 0. The van der Waals surface area contributed by atoms with Crippen molar-refractivity contribution in [1.82, 2.24) is 20.3 Å². The molecule has 2 rings (SSSR count). The van der Waals surface area contributed by atoms with Crippen molar-refractivity contribution in [3.63, 3.8) is 0 Å². The Kier molecular flexibility index (Phi) is 5.24. The largest absolute Gasteiger partial charge is 0.454 e. The summed E-state index contributed by atoms with van der Waals surface area (Å²) in [5.41, 5.74) is 0.0540. The Morgan fingerprint density at radius 3 is 2.78 bits per heavy atom. The molecule has 0 fully saturated rings. The van der Waals surface area contributed by atoms with Gasteiger partial charge in [0.05, 0.1) is 12.4 Å². The summed E-state index contributed by atoms with van der Waals surface area (Å²) in [4.78, 5) is 27.1. The number of carbonyl (C=O) groups excluding carboxylic acids is 1. The number of rotatable bonds is 6. The first-order valence-electron chi connectivity index (χ1n) is 6.31. The first-order chi connectivity index (χ1) is 11.1. The number of hydrogen-bond acceptors (Lipinski definition) is 6. The fourth-order valence-corrected chi connectivity index (χ4v) is 1.52. The number of aromatic nitrogens is 3. The third-order valence-electron chi connectivity index (χ3n) is 2.44. The Morgan fingerprint density at radius 2 is 2.13 bits per heavy atom. The molecule has 118 valence electrons. The van der Waals surface area contributed by atoms with Gasteiger partial charge in [0.25, 0.3) is 5.91 Å². The SMILES string of the molecule is C=N/C(=C\C(=C)F)NC(=O)c1cc(Oc2cncnc2)ccn1.[HH]. The fourth-order valence-electron chi connectivity index (χ4n) is 1.52. The number of aliphatic imine (C=N–C) groups is 1. The van der Waals surface area contributed by atoms with Gasteiger partial charge in [-0.15, -0.1) is 0 Å². The van der Waals surface area contributed by atoms with Crippen molar-refractivity contribution in [3.8, 4) is 11.5 Å². The van der Waals surface area contributed by atoms with Crippen LogP contribution in [0.15, 0.2) is 66.3 Å². The summed E-state index contributed by atoms with van der Waals surface area (Å²) in [6.45, 7) is 6.29. The van der Waals surface area contributed by atoms with Crippen LogP contribution >= 0.6 is 0 Å². The summed E-state index contributed by atoms with van der Waals surface area (Å²) in [5.74, 6) is -0.660. The standard InChI is InChI=1S/C15H12FN5O2.H2/c1-10(16)5-14(17-2)21-15(22)13-6-11(3-4-20-13)23-12-7-18-9-19-8-12;/h3-9H,1-2H2,(H,21,22);1H/b14-5+;. The number of nitrogens with zero attached hydrogens (tertiary/aromatic N) is 4. The maximum atomic E-state index is 12.7. The third-order valence-corrected chi connectivity index (χ3v) is 2.44. The Hall–Kier alpha value is -3.42. The van der Waals surface area contributed by atoms with E-state index >= 15 is 0 Å². The van der Waals surface area contributed by atoms with E-state index in [1.807, 2.05) is 0 Å². The predicted octanol–water partition coefficient (Wildman–Crippen LogP) is 2.66. The van der Waals surface area contributed by atoms with E-state index in [4.69, 9.17) is 4.74 Å². The summed E-state index contributed by atoms with van der Waals surface area (Å²) in [6, 6.07) is 2.98. The molecule has 0 bridgehead atoms. The molecule has 0 spiro atoms. The van der Waals surface area contributed by atoms with Gasteiger partial charge in [-0.05, 0) is 12.8 Å².